The van der Waals surface area contributed by atoms with Gasteiger partial charge in [0, 0.05) is 18.2 Å². The van der Waals surface area contributed by atoms with Gasteiger partial charge in [-0.15, -0.1) is 0 Å². The van der Waals surface area contributed by atoms with Crippen LogP contribution in [0.15, 0.2) is 24.3 Å². The van der Waals surface area contributed by atoms with E-state index in [9.17, 15) is 4.39 Å². The summed E-state index contributed by atoms with van der Waals surface area (Å²) < 4.78 is 18.7. The first-order chi connectivity index (χ1) is 8.27. The van der Waals surface area contributed by atoms with E-state index in [0.29, 0.717) is 24.8 Å². The number of halogens is 1. The first-order valence-electron chi connectivity index (χ1n) is 6.32. The van der Waals surface area contributed by atoms with Gasteiger partial charge in [0.05, 0.1) is 13.2 Å². The van der Waals surface area contributed by atoms with Crippen LogP contribution in [0.2, 0.25) is 0 Å². The molecule has 0 saturated heterocycles. The van der Waals surface area contributed by atoms with Gasteiger partial charge in [-0.25, -0.2) is 4.39 Å². The summed E-state index contributed by atoms with van der Waals surface area (Å²) in [5.41, 5.74) is 0.628. The minimum atomic E-state index is -0.188. The molecule has 1 N–H and O–H groups in total. The van der Waals surface area contributed by atoms with Crippen LogP contribution in [0, 0.1) is 11.7 Å². The maximum atomic E-state index is 13.2. The van der Waals surface area contributed by atoms with Gasteiger partial charge in [-0.3, -0.25) is 0 Å². The Morgan fingerprint density at radius 1 is 1.41 bits per heavy atom. The van der Waals surface area contributed by atoms with Gasteiger partial charge in [0.15, 0.2) is 0 Å². The van der Waals surface area contributed by atoms with E-state index >= 15 is 0 Å². The smallest absolute Gasteiger partial charge is 0.128 e. The van der Waals surface area contributed by atoms with E-state index in [4.69, 9.17) is 4.74 Å². The second kappa shape index (κ2) is 6.12. The molecule has 1 aliphatic rings. The highest BCUT2D eigenvalue weighted by Gasteiger charge is 2.27. The van der Waals surface area contributed by atoms with Crippen LogP contribution in [0.1, 0.15) is 25.3 Å². The summed E-state index contributed by atoms with van der Waals surface area (Å²) in [6.45, 7) is 4.04. The average Bonchev–Trinajstić information content (AvgIpc) is 3.14. The largest absolute Gasteiger partial charge is 0.375 e. The van der Waals surface area contributed by atoms with Crippen LogP contribution in [0.5, 0.6) is 0 Å². The molecule has 1 saturated carbocycles. The first-order valence-corrected chi connectivity index (χ1v) is 6.32. The molecule has 0 radical (unpaired) electrons. The van der Waals surface area contributed by atoms with Gasteiger partial charge in [0.25, 0.3) is 0 Å². The third kappa shape index (κ3) is 4.10. The van der Waals surface area contributed by atoms with Gasteiger partial charge in [0.2, 0.25) is 0 Å². The molecular weight excluding hydrogens is 217 g/mol. The monoisotopic (exact) mass is 237 g/mol. The highest BCUT2D eigenvalue weighted by atomic mass is 19.1. The lowest BCUT2D eigenvalue weighted by Crippen LogP contribution is -2.30. The third-order valence-corrected chi connectivity index (χ3v) is 3.26. The number of benzene rings is 1. The van der Waals surface area contributed by atoms with Gasteiger partial charge in [-0.05, 0) is 31.7 Å². The maximum absolute atomic E-state index is 13.2. The Bertz CT molecular complexity index is 352. The predicted molar refractivity (Wildman–Crippen MR) is 66.2 cm³/mol. The zero-order chi connectivity index (χ0) is 12.1. The first kappa shape index (κ1) is 12.5. The Labute approximate surface area is 102 Å². The van der Waals surface area contributed by atoms with E-state index in [1.165, 1.54) is 18.9 Å². The van der Waals surface area contributed by atoms with Crippen LogP contribution in [-0.2, 0) is 11.3 Å². The fraction of sp³-hybridized carbons (Fsp3) is 0.571. The molecule has 0 heterocycles. The van der Waals surface area contributed by atoms with Crippen LogP contribution in [0.25, 0.3) is 0 Å². The van der Waals surface area contributed by atoms with Crippen molar-refractivity contribution >= 4 is 0 Å². The van der Waals surface area contributed by atoms with Crippen molar-refractivity contribution in [2.45, 2.75) is 32.4 Å². The molecule has 3 heteroatoms. The molecule has 0 aliphatic heterocycles. The topological polar surface area (TPSA) is 21.3 Å². The van der Waals surface area contributed by atoms with Crippen LogP contribution in [0.3, 0.4) is 0 Å². The summed E-state index contributed by atoms with van der Waals surface area (Å²) in [6, 6.07) is 7.33. The number of ether oxygens (including phenoxy) is 1. The molecule has 1 aromatic rings. The summed E-state index contributed by atoms with van der Waals surface area (Å²) in [5, 5.41) is 3.43. The minimum absolute atomic E-state index is 0.188. The number of hydrogen-bond donors (Lipinski definition) is 1. The van der Waals surface area contributed by atoms with E-state index in [1.54, 1.807) is 12.1 Å². The summed E-state index contributed by atoms with van der Waals surface area (Å²) in [6.07, 6.45) is 2.70. The molecule has 2 rings (SSSR count). The second-order valence-electron chi connectivity index (χ2n) is 4.72. The molecule has 94 valence electrons. The molecule has 1 aromatic carbocycles. The predicted octanol–water partition coefficient (Wildman–Crippen LogP) is 2.73. The van der Waals surface area contributed by atoms with Gasteiger partial charge in [-0.1, -0.05) is 18.2 Å². The van der Waals surface area contributed by atoms with Crippen LogP contribution < -0.4 is 5.32 Å². The van der Waals surface area contributed by atoms with E-state index in [2.05, 4.69) is 12.2 Å². The minimum Gasteiger partial charge on any atom is -0.375 e. The molecule has 0 amide bonds. The Kier molecular flexibility index (Phi) is 4.51. The lowest BCUT2D eigenvalue weighted by atomic mass is 10.2. The van der Waals surface area contributed by atoms with Crippen molar-refractivity contribution in [3.63, 3.8) is 0 Å². The number of hydrogen-bond acceptors (Lipinski definition) is 2. The van der Waals surface area contributed by atoms with Gasteiger partial charge < -0.3 is 10.1 Å². The highest BCUT2D eigenvalue weighted by molar-refractivity contribution is 5.16. The van der Waals surface area contributed by atoms with E-state index in [1.807, 2.05) is 6.07 Å². The molecular formula is C14H20FNO. The maximum Gasteiger partial charge on any atom is 0.128 e. The van der Waals surface area contributed by atoms with Gasteiger partial charge in [0.1, 0.15) is 5.82 Å². The molecule has 1 aliphatic carbocycles. The van der Waals surface area contributed by atoms with Crippen LogP contribution >= 0.6 is 0 Å². The molecule has 0 spiro atoms. The average molecular weight is 237 g/mol. The molecule has 0 bridgehead atoms. The lowest BCUT2D eigenvalue weighted by molar-refractivity contribution is 0.118. The number of rotatable bonds is 7. The molecule has 1 fully saturated rings. The fourth-order valence-electron chi connectivity index (χ4n) is 1.92. The van der Waals surface area contributed by atoms with Crippen molar-refractivity contribution in [3.05, 3.63) is 35.6 Å². The summed E-state index contributed by atoms with van der Waals surface area (Å²) in [5.74, 6) is 0.674. The number of nitrogens with one attached hydrogen (secondary N) is 1. The quantitative estimate of drug-likeness (QED) is 0.736. The SMILES string of the molecule is CC(NCCOCc1ccccc1F)C1CC1. The summed E-state index contributed by atoms with van der Waals surface area (Å²) >= 11 is 0. The molecule has 1 unspecified atom stereocenters. The van der Waals surface area contributed by atoms with E-state index < -0.39 is 0 Å². The van der Waals surface area contributed by atoms with Crippen molar-refractivity contribution in [2.75, 3.05) is 13.2 Å². The van der Waals surface area contributed by atoms with Crippen molar-refractivity contribution in [1.29, 1.82) is 0 Å². The molecule has 17 heavy (non-hydrogen) atoms. The fourth-order valence-corrected chi connectivity index (χ4v) is 1.92. The van der Waals surface area contributed by atoms with Crippen LogP contribution in [0.4, 0.5) is 4.39 Å². The lowest BCUT2D eigenvalue weighted by Gasteiger charge is -2.12. The zero-order valence-corrected chi connectivity index (χ0v) is 10.3. The van der Waals surface area contributed by atoms with E-state index in [0.717, 1.165) is 12.5 Å². The van der Waals surface area contributed by atoms with Crippen molar-refractivity contribution in [3.8, 4) is 0 Å². The van der Waals surface area contributed by atoms with Crippen LogP contribution in [-0.4, -0.2) is 19.2 Å². The second-order valence-corrected chi connectivity index (χ2v) is 4.72. The Morgan fingerprint density at radius 2 is 2.18 bits per heavy atom. The van der Waals surface area contributed by atoms with Crippen molar-refractivity contribution in [1.82, 2.24) is 5.32 Å². The molecule has 1 atom stereocenters. The molecule has 0 aromatic heterocycles. The molecule has 2 nitrogen and oxygen atoms in total. The third-order valence-electron chi connectivity index (χ3n) is 3.26. The summed E-state index contributed by atoms with van der Waals surface area (Å²) in [7, 11) is 0. The Hall–Kier alpha value is -0.930. The highest BCUT2D eigenvalue weighted by Crippen LogP contribution is 2.32. The Morgan fingerprint density at radius 3 is 2.88 bits per heavy atom. The summed E-state index contributed by atoms with van der Waals surface area (Å²) in [4.78, 5) is 0. The van der Waals surface area contributed by atoms with Crippen molar-refractivity contribution < 1.29 is 9.13 Å². The van der Waals surface area contributed by atoms with E-state index in [-0.39, 0.29) is 5.82 Å². The van der Waals surface area contributed by atoms with Gasteiger partial charge in [-0.2, -0.15) is 0 Å². The van der Waals surface area contributed by atoms with Crippen molar-refractivity contribution in [2.24, 2.45) is 5.92 Å². The Balaban J connectivity index is 1.58. The normalized spacial score (nSPS) is 17.1. The standard InChI is InChI=1S/C14H20FNO/c1-11(12-6-7-12)16-8-9-17-10-13-4-2-3-5-14(13)15/h2-5,11-12,16H,6-10H2,1H3. The zero-order valence-electron chi connectivity index (χ0n) is 10.3. The van der Waals surface area contributed by atoms with Gasteiger partial charge >= 0.3 is 0 Å².